The number of aromatic nitrogens is 1. The lowest BCUT2D eigenvalue weighted by molar-refractivity contribution is -0.123. The van der Waals surface area contributed by atoms with Crippen LogP contribution in [0.25, 0.3) is 0 Å². The maximum absolute atomic E-state index is 12.5. The maximum atomic E-state index is 12.5. The van der Waals surface area contributed by atoms with E-state index in [2.05, 4.69) is 16.4 Å². The van der Waals surface area contributed by atoms with Gasteiger partial charge in [0.25, 0.3) is 5.91 Å². The normalized spacial score (nSPS) is 29.6. The molecule has 0 aromatic carbocycles. The smallest absolute Gasteiger partial charge is 0.259 e. The van der Waals surface area contributed by atoms with Gasteiger partial charge in [-0.1, -0.05) is 23.8 Å². The molecule has 2 amide bonds. The van der Waals surface area contributed by atoms with Gasteiger partial charge in [-0.25, -0.2) is 0 Å². The molecule has 1 aromatic heterocycles. The number of carbonyl (C=O) groups is 2. The number of pyridine rings is 1. The van der Waals surface area contributed by atoms with Crippen LogP contribution in [0.2, 0.25) is 5.02 Å². The second kappa shape index (κ2) is 6.33. The topological polar surface area (TPSA) is 82.3 Å². The lowest BCUT2D eigenvalue weighted by Gasteiger charge is -2.20. The van der Waals surface area contributed by atoms with Crippen molar-refractivity contribution in [3.63, 3.8) is 0 Å². The Hall–Kier alpha value is -2.08. The number of aromatic amines is 1. The van der Waals surface area contributed by atoms with Gasteiger partial charge in [0.1, 0.15) is 10.6 Å². The van der Waals surface area contributed by atoms with Crippen LogP contribution in [0.1, 0.15) is 23.2 Å². The number of carbonyl (C=O) groups excluding carboxylic acids is 2. The van der Waals surface area contributed by atoms with E-state index in [1.165, 1.54) is 12.4 Å². The molecule has 7 heteroatoms. The van der Waals surface area contributed by atoms with Gasteiger partial charge in [0.05, 0.1) is 5.92 Å². The molecule has 6 nitrogen and oxygen atoms in total. The molecule has 0 bridgehead atoms. The third-order valence-electron chi connectivity index (χ3n) is 5.65. The summed E-state index contributed by atoms with van der Waals surface area (Å²) in [7, 11) is 0. The van der Waals surface area contributed by atoms with Crippen LogP contribution in [-0.2, 0) is 4.79 Å². The molecule has 2 aliphatic carbocycles. The summed E-state index contributed by atoms with van der Waals surface area (Å²) >= 11 is 5.79. The first-order chi connectivity index (χ1) is 12.1. The van der Waals surface area contributed by atoms with Gasteiger partial charge < -0.3 is 15.2 Å². The number of halogens is 1. The molecule has 4 rings (SSSR count). The molecule has 2 N–H and O–H groups in total. The van der Waals surface area contributed by atoms with Gasteiger partial charge in [-0.05, 0) is 30.6 Å². The Morgan fingerprint density at radius 3 is 2.72 bits per heavy atom. The predicted molar refractivity (Wildman–Crippen MR) is 93.3 cm³/mol. The first-order valence-corrected chi connectivity index (χ1v) is 9.04. The quantitative estimate of drug-likeness (QED) is 0.796. The average Bonchev–Trinajstić information content (AvgIpc) is 3.05. The van der Waals surface area contributed by atoms with Crippen LogP contribution >= 0.6 is 11.6 Å². The summed E-state index contributed by atoms with van der Waals surface area (Å²) in [6.45, 7) is 1.96. The van der Waals surface area contributed by atoms with Crippen LogP contribution in [-0.4, -0.2) is 41.3 Å². The van der Waals surface area contributed by atoms with Crippen LogP contribution < -0.4 is 10.7 Å². The van der Waals surface area contributed by atoms with E-state index in [9.17, 15) is 14.4 Å². The monoisotopic (exact) mass is 361 g/mol. The molecule has 25 heavy (non-hydrogen) atoms. The number of allylic oxidation sites excluding steroid dienone is 1. The zero-order valence-electron chi connectivity index (χ0n) is 13.7. The zero-order valence-corrected chi connectivity index (χ0v) is 14.5. The van der Waals surface area contributed by atoms with Crippen LogP contribution in [0.5, 0.6) is 0 Å². The number of rotatable bonds is 4. The second-order valence-corrected chi connectivity index (χ2v) is 7.51. The zero-order chi connectivity index (χ0) is 17.6. The molecule has 1 saturated carbocycles. The Bertz CT molecular complexity index is 791. The van der Waals surface area contributed by atoms with Crippen LogP contribution in [0.15, 0.2) is 29.3 Å². The first-order valence-electron chi connectivity index (χ1n) is 8.66. The van der Waals surface area contributed by atoms with Crippen LogP contribution in [0, 0.1) is 23.7 Å². The van der Waals surface area contributed by atoms with Crippen LogP contribution in [0.3, 0.4) is 0 Å². The minimum atomic E-state index is -0.431. The van der Waals surface area contributed by atoms with E-state index in [1.807, 2.05) is 6.08 Å². The number of piperidine rings is 1. The molecule has 1 aliphatic heterocycles. The standard InChI is InChI=1S/C18H20ClN3O3/c19-15-7-20-5-12(16(15)23)18(25)22-8-13-11(14(13)9-22)6-21-17(24)10-3-1-2-4-10/h1,3,5,7,10-11,13-14H,2,4,6,8-9H2,(H,20,23)(H,21,24)/t10?,11?,13-,14+. The van der Waals surface area contributed by atoms with Gasteiger partial charge in [-0.2, -0.15) is 0 Å². The van der Waals surface area contributed by atoms with Gasteiger partial charge in [0.15, 0.2) is 0 Å². The molecule has 0 radical (unpaired) electrons. The molecular weight excluding hydrogens is 342 g/mol. The van der Waals surface area contributed by atoms with Crippen molar-refractivity contribution in [1.29, 1.82) is 0 Å². The highest BCUT2D eigenvalue weighted by Crippen LogP contribution is 2.51. The molecule has 2 heterocycles. The molecule has 1 saturated heterocycles. The Labute approximate surface area is 150 Å². The van der Waals surface area contributed by atoms with Crippen molar-refractivity contribution < 1.29 is 9.59 Å². The lowest BCUT2D eigenvalue weighted by atomic mass is 10.1. The number of fused-ring (bicyclic) bond motifs is 1. The van der Waals surface area contributed by atoms with Crippen molar-refractivity contribution in [3.05, 3.63) is 45.4 Å². The number of likely N-dealkylation sites (tertiary alicyclic amines) is 1. The second-order valence-electron chi connectivity index (χ2n) is 7.10. The Morgan fingerprint density at radius 1 is 1.28 bits per heavy atom. The van der Waals surface area contributed by atoms with Crippen LogP contribution in [0.4, 0.5) is 0 Å². The van der Waals surface area contributed by atoms with E-state index < -0.39 is 5.43 Å². The number of amides is 2. The fourth-order valence-corrected chi connectivity index (χ4v) is 4.27. The summed E-state index contributed by atoms with van der Waals surface area (Å²) in [4.78, 5) is 41.0. The van der Waals surface area contributed by atoms with Crippen molar-refractivity contribution in [2.24, 2.45) is 23.7 Å². The Morgan fingerprint density at radius 2 is 2.04 bits per heavy atom. The van der Waals surface area contributed by atoms with E-state index in [-0.39, 0.29) is 28.3 Å². The van der Waals surface area contributed by atoms with Gasteiger partial charge in [-0.3, -0.25) is 14.4 Å². The third kappa shape index (κ3) is 2.99. The highest BCUT2D eigenvalue weighted by Gasteiger charge is 2.56. The van der Waals surface area contributed by atoms with Gasteiger partial charge in [0, 0.05) is 32.0 Å². The SMILES string of the molecule is O=C(NCC1[C@H]2CN(C(=O)c3c[nH]cc(Cl)c3=O)C[C@@H]12)C1C=CCC1. The summed E-state index contributed by atoms with van der Waals surface area (Å²) in [5.74, 6) is 1.14. The highest BCUT2D eigenvalue weighted by molar-refractivity contribution is 6.30. The summed E-state index contributed by atoms with van der Waals surface area (Å²) < 4.78 is 0. The largest absolute Gasteiger partial charge is 0.365 e. The van der Waals surface area contributed by atoms with E-state index in [0.29, 0.717) is 37.4 Å². The lowest BCUT2D eigenvalue weighted by Crippen LogP contribution is -2.37. The fourth-order valence-electron chi connectivity index (χ4n) is 4.11. The minimum absolute atomic E-state index is 0.0196. The third-order valence-corrected chi connectivity index (χ3v) is 5.93. The number of nitrogens with one attached hydrogen (secondary N) is 2. The summed E-state index contributed by atoms with van der Waals surface area (Å²) in [6, 6.07) is 0. The summed E-state index contributed by atoms with van der Waals surface area (Å²) in [5, 5.41) is 3.07. The van der Waals surface area contributed by atoms with E-state index >= 15 is 0 Å². The van der Waals surface area contributed by atoms with Crippen molar-refractivity contribution in [2.75, 3.05) is 19.6 Å². The molecule has 1 aromatic rings. The fraction of sp³-hybridized carbons (Fsp3) is 0.500. The Kier molecular flexibility index (Phi) is 4.15. The summed E-state index contributed by atoms with van der Waals surface area (Å²) in [5.41, 5.74) is -0.342. The molecule has 2 unspecified atom stereocenters. The maximum Gasteiger partial charge on any atom is 0.259 e. The van der Waals surface area contributed by atoms with Crippen molar-refractivity contribution in [1.82, 2.24) is 15.2 Å². The summed E-state index contributed by atoms with van der Waals surface area (Å²) in [6.07, 6.45) is 8.70. The number of hydrogen-bond acceptors (Lipinski definition) is 3. The van der Waals surface area contributed by atoms with E-state index in [4.69, 9.17) is 11.6 Å². The average molecular weight is 362 g/mol. The number of H-pyrrole nitrogens is 1. The van der Waals surface area contributed by atoms with Crippen molar-refractivity contribution >= 4 is 23.4 Å². The van der Waals surface area contributed by atoms with Gasteiger partial charge in [-0.15, -0.1) is 0 Å². The molecule has 0 spiro atoms. The molecule has 3 aliphatic rings. The van der Waals surface area contributed by atoms with Crippen molar-refractivity contribution in [3.8, 4) is 0 Å². The molecule has 2 fully saturated rings. The molecular formula is C18H20ClN3O3. The minimum Gasteiger partial charge on any atom is -0.365 e. The number of hydrogen-bond donors (Lipinski definition) is 2. The van der Waals surface area contributed by atoms with Crippen molar-refractivity contribution in [2.45, 2.75) is 12.8 Å². The van der Waals surface area contributed by atoms with E-state index in [1.54, 1.807) is 4.90 Å². The first kappa shape index (κ1) is 16.4. The number of nitrogens with zero attached hydrogens (tertiary/aromatic N) is 1. The highest BCUT2D eigenvalue weighted by atomic mass is 35.5. The molecule has 132 valence electrons. The molecule has 4 atom stereocenters. The Balaban J connectivity index is 1.29. The van der Waals surface area contributed by atoms with Gasteiger partial charge in [0.2, 0.25) is 11.3 Å². The van der Waals surface area contributed by atoms with E-state index in [0.717, 1.165) is 12.8 Å². The van der Waals surface area contributed by atoms with Gasteiger partial charge >= 0.3 is 0 Å². The predicted octanol–water partition coefficient (Wildman–Crippen LogP) is 1.43.